The van der Waals surface area contributed by atoms with E-state index in [0.717, 1.165) is 25.8 Å². The lowest BCUT2D eigenvalue weighted by atomic mass is 9.92. The minimum Gasteiger partial charge on any atom is -0.381 e. The molecule has 2 N–H and O–H groups in total. The van der Waals surface area contributed by atoms with E-state index in [1.165, 1.54) is 19.4 Å². The largest absolute Gasteiger partial charge is 0.381 e. The Morgan fingerprint density at radius 2 is 1.87 bits per heavy atom. The van der Waals surface area contributed by atoms with Gasteiger partial charge in [-0.25, -0.2) is 0 Å². The molecule has 3 nitrogen and oxygen atoms in total. The summed E-state index contributed by atoms with van der Waals surface area (Å²) in [7, 11) is 0. The Hall–Kier alpha value is -0.120. The van der Waals surface area contributed by atoms with Crippen molar-refractivity contribution in [3.8, 4) is 0 Å². The normalized spacial score (nSPS) is 35.2. The lowest BCUT2D eigenvalue weighted by Gasteiger charge is -2.31. The van der Waals surface area contributed by atoms with Crippen LogP contribution in [0.5, 0.6) is 0 Å². The fourth-order valence-corrected chi connectivity index (χ4v) is 2.94. The topological polar surface area (TPSA) is 38.5 Å². The highest BCUT2D eigenvalue weighted by molar-refractivity contribution is 4.91. The Bertz CT molecular complexity index is 202. The first-order chi connectivity index (χ1) is 7.18. The van der Waals surface area contributed by atoms with Gasteiger partial charge in [0, 0.05) is 38.4 Å². The molecule has 0 saturated carbocycles. The Kier molecular flexibility index (Phi) is 3.65. The number of rotatable bonds is 2. The van der Waals surface area contributed by atoms with Crippen LogP contribution in [0.15, 0.2) is 0 Å². The summed E-state index contributed by atoms with van der Waals surface area (Å²) in [4.78, 5) is 2.60. The van der Waals surface area contributed by atoms with Crippen molar-refractivity contribution < 1.29 is 4.74 Å². The minimum absolute atomic E-state index is 0.382. The summed E-state index contributed by atoms with van der Waals surface area (Å²) in [5, 5.41) is 0. The van der Waals surface area contributed by atoms with Crippen molar-refractivity contribution in [3.63, 3.8) is 0 Å². The zero-order valence-corrected chi connectivity index (χ0v) is 9.98. The Morgan fingerprint density at radius 1 is 1.20 bits per heavy atom. The number of nitrogens with two attached hydrogens (primary N) is 1. The molecule has 0 aromatic heterocycles. The zero-order valence-electron chi connectivity index (χ0n) is 9.98. The van der Waals surface area contributed by atoms with Gasteiger partial charge in [0.1, 0.15) is 0 Å². The molecule has 3 heteroatoms. The van der Waals surface area contributed by atoms with Crippen molar-refractivity contribution in [2.45, 2.75) is 38.8 Å². The predicted molar refractivity (Wildman–Crippen MR) is 61.7 cm³/mol. The van der Waals surface area contributed by atoms with Gasteiger partial charge in [0.2, 0.25) is 0 Å². The van der Waals surface area contributed by atoms with Gasteiger partial charge in [0.15, 0.2) is 0 Å². The van der Waals surface area contributed by atoms with Gasteiger partial charge >= 0.3 is 0 Å². The molecule has 2 aliphatic rings. The standard InChI is InChI=1S/C12H24N2O/c1-9(2)11-7-14(8-12(11)13)10-3-5-15-6-4-10/h9-12H,3-8,13H2,1-2H3/t11-,12+/m1/s1. The van der Waals surface area contributed by atoms with Crippen LogP contribution in [0.4, 0.5) is 0 Å². The summed E-state index contributed by atoms with van der Waals surface area (Å²) in [6, 6.07) is 1.11. The van der Waals surface area contributed by atoms with Gasteiger partial charge in [-0.2, -0.15) is 0 Å². The van der Waals surface area contributed by atoms with Gasteiger partial charge < -0.3 is 10.5 Å². The number of hydrogen-bond acceptors (Lipinski definition) is 3. The minimum atomic E-state index is 0.382. The Labute approximate surface area is 93.0 Å². The van der Waals surface area contributed by atoms with Crippen molar-refractivity contribution in [2.75, 3.05) is 26.3 Å². The highest BCUT2D eigenvalue weighted by Crippen LogP contribution is 2.27. The van der Waals surface area contributed by atoms with Gasteiger partial charge in [-0.3, -0.25) is 4.90 Å². The highest BCUT2D eigenvalue weighted by Gasteiger charge is 2.35. The molecule has 2 saturated heterocycles. The molecule has 0 aliphatic carbocycles. The number of ether oxygens (including phenoxy) is 1. The maximum absolute atomic E-state index is 6.20. The van der Waals surface area contributed by atoms with Crippen LogP contribution in [0.25, 0.3) is 0 Å². The molecule has 2 aliphatic heterocycles. The zero-order chi connectivity index (χ0) is 10.8. The first-order valence-electron chi connectivity index (χ1n) is 6.26. The van der Waals surface area contributed by atoms with E-state index in [4.69, 9.17) is 10.5 Å². The second-order valence-electron chi connectivity index (χ2n) is 5.37. The molecule has 0 aromatic carbocycles. The molecule has 0 spiro atoms. The molecule has 2 fully saturated rings. The van der Waals surface area contributed by atoms with Gasteiger partial charge in [-0.1, -0.05) is 13.8 Å². The van der Waals surface area contributed by atoms with Gasteiger partial charge in [0.25, 0.3) is 0 Å². The Balaban J connectivity index is 1.89. The summed E-state index contributed by atoms with van der Waals surface area (Å²) in [6.07, 6.45) is 2.38. The van der Waals surface area contributed by atoms with Crippen LogP contribution in [0.3, 0.4) is 0 Å². The predicted octanol–water partition coefficient (Wildman–Crippen LogP) is 1.08. The maximum atomic E-state index is 6.20. The van der Waals surface area contributed by atoms with E-state index in [9.17, 15) is 0 Å². The molecule has 2 heterocycles. The van der Waals surface area contributed by atoms with E-state index in [-0.39, 0.29) is 0 Å². The van der Waals surface area contributed by atoms with Crippen molar-refractivity contribution in [1.29, 1.82) is 0 Å². The van der Waals surface area contributed by atoms with E-state index in [2.05, 4.69) is 18.7 Å². The van der Waals surface area contributed by atoms with Crippen molar-refractivity contribution in [2.24, 2.45) is 17.6 Å². The van der Waals surface area contributed by atoms with Crippen molar-refractivity contribution in [1.82, 2.24) is 4.90 Å². The van der Waals surface area contributed by atoms with Crippen molar-refractivity contribution in [3.05, 3.63) is 0 Å². The highest BCUT2D eigenvalue weighted by atomic mass is 16.5. The molecule has 88 valence electrons. The van der Waals surface area contributed by atoms with Crippen LogP contribution in [0.2, 0.25) is 0 Å². The van der Waals surface area contributed by atoms with Gasteiger partial charge in [-0.05, 0) is 24.7 Å². The lowest BCUT2D eigenvalue weighted by Crippen LogP contribution is -2.39. The summed E-state index contributed by atoms with van der Waals surface area (Å²) < 4.78 is 5.40. The van der Waals surface area contributed by atoms with E-state index >= 15 is 0 Å². The molecule has 0 unspecified atom stereocenters. The fraction of sp³-hybridized carbons (Fsp3) is 1.00. The van der Waals surface area contributed by atoms with E-state index < -0.39 is 0 Å². The van der Waals surface area contributed by atoms with Crippen molar-refractivity contribution >= 4 is 0 Å². The molecule has 2 atom stereocenters. The van der Waals surface area contributed by atoms with Crippen LogP contribution in [-0.4, -0.2) is 43.3 Å². The number of hydrogen-bond donors (Lipinski definition) is 1. The fourth-order valence-electron chi connectivity index (χ4n) is 2.94. The first kappa shape index (κ1) is 11.4. The average Bonchev–Trinajstić information content (AvgIpc) is 2.62. The third-order valence-electron chi connectivity index (χ3n) is 4.00. The van der Waals surface area contributed by atoms with Crippen LogP contribution >= 0.6 is 0 Å². The molecule has 0 amide bonds. The summed E-state index contributed by atoms with van der Waals surface area (Å²) in [5.74, 6) is 1.40. The van der Waals surface area contributed by atoms with Crippen LogP contribution in [0.1, 0.15) is 26.7 Å². The molecule has 0 radical (unpaired) electrons. The SMILES string of the molecule is CC(C)[C@H]1CN(C2CCOCC2)C[C@@H]1N. The molecule has 15 heavy (non-hydrogen) atoms. The molecule has 2 rings (SSSR count). The molecule has 0 bridgehead atoms. The van der Waals surface area contributed by atoms with Crippen LogP contribution < -0.4 is 5.73 Å². The Morgan fingerprint density at radius 3 is 2.40 bits per heavy atom. The summed E-state index contributed by atoms with van der Waals surface area (Å²) in [5.41, 5.74) is 6.20. The number of likely N-dealkylation sites (tertiary alicyclic amines) is 1. The van der Waals surface area contributed by atoms with Crippen LogP contribution in [0, 0.1) is 11.8 Å². The molecular weight excluding hydrogens is 188 g/mol. The smallest absolute Gasteiger partial charge is 0.0480 e. The third kappa shape index (κ3) is 2.52. The van der Waals surface area contributed by atoms with E-state index in [1.807, 2.05) is 0 Å². The average molecular weight is 212 g/mol. The summed E-state index contributed by atoms with van der Waals surface area (Å²) in [6.45, 7) is 8.73. The van der Waals surface area contributed by atoms with E-state index in [0.29, 0.717) is 17.9 Å². The van der Waals surface area contributed by atoms with Gasteiger partial charge in [-0.15, -0.1) is 0 Å². The monoisotopic (exact) mass is 212 g/mol. The molecule has 0 aromatic rings. The maximum Gasteiger partial charge on any atom is 0.0480 e. The third-order valence-corrected chi connectivity index (χ3v) is 4.00. The van der Waals surface area contributed by atoms with Crippen LogP contribution in [-0.2, 0) is 4.74 Å². The number of nitrogens with zero attached hydrogens (tertiary/aromatic N) is 1. The molecular formula is C12H24N2O. The first-order valence-corrected chi connectivity index (χ1v) is 6.26. The quantitative estimate of drug-likeness (QED) is 0.744. The summed E-state index contributed by atoms with van der Waals surface area (Å²) >= 11 is 0. The second-order valence-corrected chi connectivity index (χ2v) is 5.37. The van der Waals surface area contributed by atoms with Gasteiger partial charge in [0.05, 0.1) is 0 Å². The lowest BCUT2D eigenvalue weighted by molar-refractivity contribution is 0.0403. The van der Waals surface area contributed by atoms with E-state index in [1.54, 1.807) is 0 Å². The second kappa shape index (κ2) is 4.81.